The maximum atomic E-state index is 10.4. The standard InChI is InChI=1S/C6H6BrNO3/c1-2-3-4(6(9)10)11-8-5(3)7/h2H2,1H3,(H,9,10). The van der Waals surface area contributed by atoms with Crippen LogP contribution in [0.15, 0.2) is 9.13 Å². The van der Waals surface area contributed by atoms with Gasteiger partial charge in [-0.1, -0.05) is 12.1 Å². The van der Waals surface area contributed by atoms with Crippen LogP contribution < -0.4 is 0 Å². The molecule has 1 aromatic rings. The first-order valence-electron chi connectivity index (χ1n) is 3.04. The first kappa shape index (κ1) is 8.26. The summed E-state index contributed by atoms with van der Waals surface area (Å²) in [6.45, 7) is 1.84. The SMILES string of the molecule is CCc1c(Br)noc1C(=O)O. The fraction of sp³-hybridized carbons (Fsp3) is 0.333. The Bertz CT molecular complexity index is 281. The Labute approximate surface area is 71.3 Å². The molecule has 0 radical (unpaired) electrons. The molecule has 0 aliphatic rings. The Morgan fingerprint density at radius 2 is 2.45 bits per heavy atom. The second kappa shape index (κ2) is 3.04. The number of hydrogen-bond donors (Lipinski definition) is 1. The number of halogens is 1. The van der Waals surface area contributed by atoms with Crippen LogP contribution >= 0.6 is 15.9 Å². The topological polar surface area (TPSA) is 63.3 Å². The molecule has 0 bridgehead atoms. The minimum absolute atomic E-state index is 0.0839. The van der Waals surface area contributed by atoms with E-state index in [1.165, 1.54) is 0 Å². The Balaban J connectivity index is 3.15. The number of aromatic carboxylic acids is 1. The van der Waals surface area contributed by atoms with Gasteiger partial charge in [0.25, 0.3) is 0 Å². The lowest BCUT2D eigenvalue weighted by atomic mass is 10.2. The summed E-state index contributed by atoms with van der Waals surface area (Å²) in [5, 5.41) is 12.0. The van der Waals surface area contributed by atoms with Gasteiger partial charge in [0, 0.05) is 5.56 Å². The van der Waals surface area contributed by atoms with Crippen LogP contribution in [0.4, 0.5) is 0 Å². The predicted molar refractivity (Wildman–Crippen MR) is 40.5 cm³/mol. The molecule has 0 amide bonds. The molecule has 0 aromatic carbocycles. The van der Waals surface area contributed by atoms with Crippen molar-refractivity contribution in [3.63, 3.8) is 0 Å². The van der Waals surface area contributed by atoms with Gasteiger partial charge in [-0.05, 0) is 22.4 Å². The van der Waals surface area contributed by atoms with E-state index < -0.39 is 5.97 Å². The average Bonchev–Trinajstić information content (AvgIpc) is 2.30. The molecule has 60 valence electrons. The molecule has 1 N–H and O–H groups in total. The quantitative estimate of drug-likeness (QED) is 0.823. The summed E-state index contributed by atoms with van der Waals surface area (Å²) in [5.41, 5.74) is 0.595. The highest BCUT2D eigenvalue weighted by atomic mass is 79.9. The van der Waals surface area contributed by atoms with Crippen LogP contribution in [0, 0.1) is 0 Å². The normalized spacial score (nSPS) is 10.0. The molecular weight excluding hydrogens is 214 g/mol. The van der Waals surface area contributed by atoms with Crippen LogP contribution in [-0.2, 0) is 6.42 Å². The average molecular weight is 220 g/mol. The van der Waals surface area contributed by atoms with Crippen molar-refractivity contribution in [2.24, 2.45) is 0 Å². The van der Waals surface area contributed by atoms with Gasteiger partial charge >= 0.3 is 5.97 Å². The highest BCUT2D eigenvalue weighted by molar-refractivity contribution is 9.10. The van der Waals surface area contributed by atoms with Crippen molar-refractivity contribution in [2.45, 2.75) is 13.3 Å². The number of rotatable bonds is 2. The van der Waals surface area contributed by atoms with Crippen molar-refractivity contribution in [1.82, 2.24) is 5.16 Å². The second-order valence-corrected chi connectivity index (χ2v) is 2.69. The molecule has 0 saturated carbocycles. The van der Waals surface area contributed by atoms with Gasteiger partial charge in [0.1, 0.15) is 0 Å². The summed E-state index contributed by atoms with van der Waals surface area (Å²) >= 11 is 3.08. The molecule has 11 heavy (non-hydrogen) atoms. The van der Waals surface area contributed by atoms with Gasteiger partial charge in [-0.3, -0.25) is 0 Å². The van der Waals surface area contributed by atoms with Gasteiger partial charge < -0.3 is 9.63 Å². The molecule has 1 rings (SSSR count). The number of carboxylic acids is 1. The number of nitrogens with zero attached hydrogens (tertiary/aromatic N) is 1. The fourth-order valence-corrected chi connectivity index (χ4v) is 1.30. The zero-order valence-corrected chi connectivity index (χ0v) is 7.38. The molecule has 0 atom stereocenters. The van der Waals surface area contributed by atoms with E-state index in [9.17, 15) is 4.79 Å². The lowest BCUT2D eigenvalue weighted by molar-refractivity contribution is 0.0650. The molecule has 0 unspecified atom stereocenters. The zero-order valence-electron chi connectivity index (χ0n) is 5.80. The van der Waals surface area contributed by atoms with Gasteiger partial charge in [-0.25, -0.2) is 4.79 Å². The Morgan fingerprint density at radius 1 is 1.82 bits per heavy atom. The predicted octanol–water partition coefficient (Wildman–Crippen LogP) is 1.70. The largest absolute Gasteiger partial charge is 0.475 e. The highest BCUT2D eigenvalue weighted by Crippen LogP contribution is 2.19. The molecule has 4 nitrogen and oxygen atoms in total. The van der Waals surface area contributed by atoms with E-state index in [-0.39, 0.29) is 5.76 Å². The molecule has 1 aromatic heterocycles. The summed E-state index contributed by atoms with van der Waals surface area (Å²) in [7, 11) is 0. The van der Waals surface area contributed by atoms with Gasteiger partial charge in [0.2, 0.25) is 5.76 Å². The van der Waals surface area contributed by atoms with Crippen LogP contribution in [-0.4, -0.2) is 16.2 Å². The van der Waals surface area contributed by atoms with Gasteiger partial charge in [0.05, 0.1) is 0 Å². The van der Waals surface area contributed by atoms with Crippen molar-refractivity contribution in [1.29, 1.82) is 0 Å². The molecule has 0 aliphatic carbocycles. The zero-order chi connectivity index (χ0) is 8.43. The fourth-order valence-electron chi connectivity index (χ4n) is 0.764. The van der Waals surface area contributed by atoms with E-state index in [0.717, 1.165) is 0 Å². The van der Waals surface area contributed by atoms with Crippen molar-refractivity contribution in [2.75, 3.05) is 0 Å². The molecule has 0 saturated heterocycles. The van der Waals surface area contributed by atoms with E-state index in [2.05, 4.69) is 25.6 Å². The Kier molecular flexibility index (Phi) is 2.28. The lowest BCUT2D eigenvalue weighted by Gasteiger charge is -1.89. The third-order valence-corrected chi connectivity index (χ3v) is 1.91. The van der Waals surface area contributed by atoms with Gasteiger partial charge in [-0.2, -0.15) is 0 Å². The molecule has 0 spiro atoms. The van der Waals surface area contributed by atoms with Crippen LogP contribution in [0.3, 0.4) is 0 Å². The van der Waals surface area contributed by atoms with E-state index in [1.807, 2.05) is 6.92 Å². The first-order chi connectivity index (χ1) is 5.16. The summed E-state index contributed by atoms with van der Waals surface area (Å²) in [5.74, 6) is -1.17. The van der Waals surface area contributed by atoms with E-state index in [1.54, 1.807) is 0 Å². The van der Waals surface area contributed by atoms with E-state index >= 15 is 0 Å². The smallest absolute Gasteiger partial charge is 0.375 e. The molecule has 1 heterocycles. The van der Waals surface area contributed by atoms with Crippen molar-refractivity contribution < 1.29 is 14.4 Å². The monoisotopic (exact) mass is 219 g/mol. The van der Waals surface area contributed by atoms with Crippen molar-refractivity contribution >= 4 is 21.9 Å². The summed E-state index contributed by atoms with van der Waals surface area (Å²) in [6.07, 6.45) is 0.589. The third-order valence-electron chi connectivity index (χ3n) is 1.29. The van der Waals surface area contributed by atoms with Gasteiger partial charge in [0.15, 0.2) is 4.60 Å². The minimum atomic E-state index is -1.08. The van der Waals surface area contributed by atoms with E-state index in [0.29, 0.717) is 16.6 Å². The molecule has 5 heteroatoms. The highest BCUT2D eigenvalue weighted by Gasteiger charge is 2.17. The number of aromatic nitrogens is 1. The maximum Gasteiger partial charge on any atom is 0.375 e. The number of carboxylic acid groups (broad SMARTS) is 1. The van der Waals surface area contributed by atoms with Crippen molar-refractivity contribution in [3.8, 4) is 0 Å². The molecule has 0 fully saturated rings. The first-order valence-corrected chi connectivity index (χ1v) is 3.83. The van der Waals surface area contributed by atoms with Crippen LogP contribution in [0.2, 0.25) is 0 Å². The summed E-state index contributed by atoms with van der Waals surface area (Å²) < 4.78 is 5.02. The van der Waals surface area contributed by atoms with Crippen LogP contribution in [0.25, 0.3) is 0 Å². The van der Waals surface area contributed by atoms with E-state index in [4.69, 9.17) is 5.11 Å². The second-order valence-electron chi connectivity index (χ2n) is 1.94. The molecule has 0 aliphatic heterocycles. The van der Waals surface area contributed by atoms with Crippen molar-refractivity contribution in [3.05, 3.63) is 15.9 Å². The van der Waals surface area contributed by atoms with Gasteiger partial charge in [-0.15, -0.1) is 0 Å². The maximum absolute atomic E-state index is 10.4. The number of hydrogen-bond acceptors (Lipinski definition) is 3. The minimum Gasteiger partial charge on any atom is -0.475 e. The Hall–Kier alpha value is -0.840. The molecular formula is C6H6BrNO3. The van der Waals surface area contributed by atoms with Crippen LogP contribution in [0.1, 0.15) is 23.0 Å². The lowest BCUT2D eigenvalue weighted by Crippen LogP contribution is -1.97. The third kappa shape index (κ3) is 1.42. The Morgan fingerprint density at radius 3 is 2.82 bits per heavy atom. The summed E-state index contributed by atoms with van der Waals surface area (Å²) in [6, 6.07) is 0. The summed E-state index contributed by atoms with van der Waals surface area (Å²) in [4.78, 5) is 10.4. The van der Waals surface area contributed by atoms with Crippen LogP contribution in [0.5, 0.6) is 0 Å². The number of carbonyl (C=O) groups is 1.